The molecule has 1 amide bonds. The van der Waals surface area contributed by atoms with E-state index in [1.807, 2.05) is 0 Å². The van der Waals surface area contributed by atoms with Crippen molar-refractivity contribution in [1.29, 1.82) is 0 Å². The maximum atomic E-state index is 11.2. The van der Waals surface area contributed by atoms with Crippen molar-refractivity contribution in [1.82, 2.24) is 10.6 Å². The van der Waals surface area contributed by atoms with Crippen LogP contribution in [0.3, 0.4) is 0 Å². The van der Waals surface area contributed by atoms with Crippen molar-refractivity contribution < 1.29 is 9.21 Å². The highest BCUT2D eigenvalue weighted by Crippen LogP contribution is 2.18. The fourth-order valence-corrected chi connectivity index (χ4v) is 1.49. The van der Waals surface area contributed by atoms with Gasteiger partial charge in [-0.05, 0) is 6.07 Å². The molecule has 0 saturated heterocycles. The molecular formula is C9H12N2O2. The van der Waals surface area contributed by atoms with Crippen LogP contribution < -0.4 is 10.6 Å². The number of furan rings is 1. The molecule has 4 heteroatoms. The molecule has 0 fully saturated rings. The number of carbonyl (C=O) groups excluding carboxylic acids is 1. The molecule has 1 aromatic heterocycles. The first-order chi connectivity index (χ1) is 6.31. The van der Waals surface area contributed by atoms with Gasteiger partial charge in [-0.3, -0.25) is 4.79 Å². The summed E-state index contributed by atoms with van der Waals surface area (Å²) in [6, 6.07) is 1.81. The summed E-state index contributed by atoms with van der Waals surface area (Å²) >= 11 is 0. The summed E-state index contributed by atoms with van der Waals surface area (Å²) in [5.41, 5.74) is 1.10. The van der Waals surface area contributed by atoms with Crippen molar-refractivity contribution in [3.05, 3.63) is 23.2 Å². The zero-order valence-corrected chi connectivity index (χ0v) is 7.52. The van der Waals surface area contributed by atoms with Gasteiger partial charge in [0.1, 0.15) is 5.76 Å². The largest absolute Gasteiger partial charge is 0.456 e. The van der Waals surface area contributed by atoms with E-state index in [1.54, 1.807) is 13.1 Å². The van der Waals surface area contributed by atoms with Crippen molar-refractivity contribution in [2.75, 3.05) is 13.6 Å². The summed E-state index contributed by atoms with van der Waals surface area (Å²) in [7, 11) is 1.60. The number of carbonyl (C=O) groups is 1. The molecule has 0 aliphatic carbocycles. The minimum Gasteiger partial charge on any atom is -0.456 e. The van der Waals surface area contributed by atoms with E-state index in [0.29, 0.717) is 5.76 Å². The summed E-state index contributed by atoms with van der Waals surface area (Å²) in [6.07, 6.45) is 0.867. The lowest BCUT2D eigenvalue weighted by Crippen LogP contribution is -2.22. The maximum absolute atomic E-state index is 11.2. The van der Waals surface area contributed by atoms with E-state index in [4.69, 9.17) is 4.42 Å². The Bertz CT molecular complexity index is 307. The molecule has 0 radical (unpaired) electrons. The minimum atomic E-state index is -0.158. The first kappa shape index (κ1) is 8.31. The number of hydrogen-bond donors (Lipinski definition) is 2. The van der Waals surface area contributed by atoms with Gasteiger partial charge in [0.25, 0.3) is 5.91 Å². The monoisotopic (exact) mass is 180 g/mol. The van der Waals surface area contributed by atoms with Crippen molar-refractivity contribution in [2.24, 2.45) is 0 Å². The van der Waals surface area contributed by atoms with E-state index in [1.165, 1.54) is 0 Å². The molecule has 0 saturated carbocycles. The molecule has 13 heavy (non-hydrogen) atoms. The second kappa shape index (κ2) is 3.22. The lowest BCUT2D eigenvalue weighted by atomic mass is 10.1. The Kier molecular flexibility index (Phi) is 2.06. The Labute approximate surface area is 76.3 Å². The van der Waals surface area contributed by atoms with Gasteiger partial charge in [0.05, 0.1) is 0 Å². The Morgan fingerprint density at radius 3 is 3.23 bits per heavy atom. The standard InChI is InChI=1S/C9H12N2O2/c1-10-9(12)8-4-6-5-11-3-2-7(6)13-8/h4,11H,2-3,5H2,1H3,(H,10,12). The van der Waals surface area contributed by atoms with Gasteiger partial charge in [0.15, 0.2) is 5.76 Å². The summed E-state index contributed by atoms with van der Waals surface area (Å²) in [4.78, 5) is 11.2. The van der Waals surface area contributed by atoms with Crippen LogP contribution in [-0.4, -0.2) is 19.5 Å². The number of rotatable bonds is 1. The third kappa shape index (κ3) is 1.45. The molecular weight excluding hydrogens is 168 g/mol. The predicted octanol–water partition coefficient (Wildman–Crippen LogP) is 0.285. The van der Waals surface area contributed by atoms with Crippen LogP contribution in [-0.2, 0) is 13.0 Å². The zero-order valence-electron chi connectivity index (χ0n) is 7.52. The van der Waals surface area contributed by atoms with E-state index in [2.05, 4.69) is 10.6 Å². The molecule has 2 rings (SSSR count). The van der Waals surface area contributed by atoms with Crippen LogP contribution in [0.4, 0.5) is 0 Å². The molecule has 1 aromatic rings. The van der Waals surface area contributed by atoms with Crippen LogP contribution in [0.25, 0.3) is 0 Å². The van der Waals surface area contributed by atoms with Crippen molar-refractivity contribution >= 4 is 5.91 Å². The molecule has 1 aliphatic rings. The maximum Gasteiger partial charge on any atom is 0.286 e. The van der Waals surface area contributed by atoms with Gasteiger partial charge in [-0.15, -0.1) is 0 Å². The number of amides is 1. The first-order valence-corrected chi connectivity index (χ1v) is 4.35. The van der Waals surface area contributed by atoms with Crippen LogP contribution in [0, 0.1) is 0 Å². The average molecular weight is 180 g/mol. The van der Waals surface area contributed by atoms with Crippen LogP contribution in [0.15, 0.2) is 10.5 Å². The fraction of sp³-hybridized carbons (Fsp3) is 0.444. The SMILES string of the molecule is CNC(=O)c1cc2c(o1)CCNC2. The highest BCUT2D eigenvalue weighted by Gasteiger charge is 2.17. The van der Waals surface area contributed by atoms with Crippen LogP contribution in [0.2, 0.25) is 0 Å². The van der Waals surface area contributed by atoms with Crippen LogP contribution in [0.1, 0.15) is 21.9 Å². The smallest absolute Gasteiger partial charge is 0.286 e. The highest BCUT2D eigenvalue weighted by atomic mass is 16.4. The zero-order chi connectivity index (χ0) is 9.26. The van der Waals surface area contributed by atoms with Gasteiger partial charge in [-0.2, -0.15) is 0 Å². The Balaban J connectivity index is 2.30. The van der Waals surface area contributed by atoms with Crippen molar-refractivity contribution in [3.8, 4) is 0 Å². The molecule has 4 nitrogen and oxygen atoms in total. The summed E-state index contributed by atoms with van der Waals surface area (Å²) in [5, 5.41) is 5.76. The Morgan fingerprint density at radius 2 is 2.54 bits per heavy atom. The second-order valence-corrected chi connectivity index (χ2v) is 3.06. The summed E-state index contributed by atoms with van der Waals surface area (Å²) < 4.78 is 5.41. The van der Waals surface area contributed by atoms with Gasteiger partial charge in [0, 0.05) is 32.1 Å². The third-order valence-corrected chi connectivity index (χ3v) is 2.19. The quantitative estimate of drug-likeness (QED) is 0.653. The predicted molar refractivity (Wildman–Crippen MR) is 47.5 cm³/mol. The van der Waals surface area contributed by atoms with E-state index in [-0.39, 0.29) is 5.91 Å². The molecule has 2 heterocycles. The lowest BCUT2D eigenvalue weighted by molar-refractivity contribution is 0.0934. The van der Waals surface area contributed by atoms with Gasteiger partial charge >= 0.3 is 0 Å². The second-order valence-electron chi connectivity index (χ2n) is 3.06. The molecule has 0 atom stereocenters. The van der Waals surface area contributed by atoms with Gasteiger partial charge < -0.3 is 15.1 Å². The van der Waals surface area contributed by atoms with Crippen molar-refractivity contribution in [3.63, 3.8) is 0 Å². The molecule has 0 aromatic carbocycles. The highest BCUT2D eigenvalue weighted by molar-refractivity contribution is 5.91. The molecule has 0 spiro atoms. The first-order valence-electron chi connectivity index (χ1n) is 4.35. The Morgan fingerprint density at radius 1 is 1.69 bits per heavy atom. The molecule has 2 N–H and O–H groups in total. The third-order valence-electron chi connectivity index (χ3n) is 2.19. The molecule has 1 aliphatic heterocycles. The lowest BCUT2D eigenvalue weighted by Gasteiger charge is -2.09. The fourth-order valence-electron chi connectivity index (χ4n) is 1.49. The van der Waals surface area contributed by atoms with Crippen LogP contribution in [0.5, 0.6) is 0 Å². The summed E-state index contributed by atoms with van der Waals surface area (Å²) in [6.45, 7) is 1.73. The van der Waals surface area contributed by atoms with Crippen molar-refractivity contribution in [2.45, 2.75) is 13.0 Å². The topological polar surface area (TPSA) is 54.3 Å². The normalized spacial score (nSPS) is 15.2. The molecule has 0 unspecified atom stereocenters. The van der Waals surface area contributed by atoms with Crippen LogP contribution >= 0.6 is 0 Å². The van der Waals surface area contributed by atoms with Gasteiger partial charge in [-0.25, -0.2) is 0 Å². The average Bonchev–Trinajstić information content (AvgIpc) is 2.59. The minimum absolute atomic E-state index is 0.158. The van der Waals surface area contributed by atoms with Gasteiger partial charge in [0.2, 0.25) is 0 Å². The van der Waals surface area contributed by atoms with E-state index in [9.17, 15) is 4.79 Å². The number of hydrogen-bond acceptors (Lipinski definition) is 3. The molecule has 70 valence electrons. The van der Waals surface area contributed by atoms with E-state index < -0.39 is 0 Å². The van der Waals surface area contributed by atoms with E-state index >= 15 is 0 Å². The Hall–Kier alpha value is -1.29. The summed E-state index contributed by atoms with van der Waals surface area (Å²) in [5.74, 6) is 1.20. The number of nitrogens with one attached hydrogen (secondary N) is 2. The molecule has 0 bridgehead atoms. The number of fused-ring (bicyclic) bond motifs is 1. The van der Waals surface area contributed by atoms with Gasteiger partial charge in [-0.1, -0.05) is 0 Å². The van der Waals surface area contributed by atoms with E-state index in [0.717, 1.165) is 30.8 Å².